The van der Waals surface area contributed by atoms with Gasteiger partial charge in [0.25, 0.3) is 0 Å². The second-order valence-corrected chi connectivity index (χ2v) is 7.11. The smallest absolute Gasteiger partial charge is 0.215 e. The van der Waals surface area contributed by atoms with E-state index >= 15 is 0 Å². The maximum Gasteiger partial charge on any atom is 0.215 e. The molecule has 1 atom stereocenters. The summed E-state index contributed by atoms with van der Waals surface area (Å²) >= 11 is 10.8. The van der Waals surface area contributed by atoms with Gasteiger partial charge in [-0.05, 0) is 33.3 Å². The van der Waals surface area contributed by atoms with Crippen LogP contribution in [-0.2, 0) is 16.4 Å². The van der Waals surface area contributed by atoms with Gasteiger partial charge in [-0.2, -0.15) is 0 Å². The first-order valence-electron chi connectivity index (χ1n) is 5.64. The van der Waals surface area contributed by atoms with Gasteiger partial charge in [0, 0.05) is 11.6 Å². The van der Waals surface area contributed by atoms with Crippen LogP contribution in [0.5, 0.6) is 0 Å². The Kier molecular flexibility index (Phi) is 5.85. The van der Waals surface area contributed by atoms with Crippen LogP contribution in [0.1, 0.15) is 23.9 Å². The number of aromatic nitrogens is 1. The van der Waals surface area contributed by atoms with Crippen molar-refractivity contribution >= 4 is 33.2 Å². The minimum absolute atomic E-state index is 0.0660. The van der Waals surface area contributed by atoms with E-state index in [0.717, 1.165) is 11.3 Å². The number of halogens is 2. The minimum Gasteiger partial charge on any atom is -0.361 e. The third-order valence-corrected chi connectivity index (χ3v) is 4.20. The minimum atomic E-state index is -3.45. The third-order valence-electron chi connectivity index (χ3n) is 2.53. The molecule has 0 aliphatic rings. The standard InChI is InChI=1S/C11H16Cl2N2O3S/c1-7(6-10-8(2)14-18-9(10)3)15-19(16,17)5-4-11(12)13/h4,7,15H,5-6H2,1-3H3/t7-/m1/s1. The topological polar surface area (TPSA) is 72.2 Å². The molecule has 0 fully saturated rings. The number of hydrogen-bond donors (Lipinski definition) is 1. The highest BCUT2D eigenvalue weighted by Crippen LogP contribution is 2.15. The van der Waals surface area contributed by atoms with Crippen LogP contribution in [0.3, 0.4) is 0 Å². The van der Waals surface area contributed by atoms with Crippen LogP contribution in [0.2, 0.25) is 0 Å². The van der Waals surface area contributed by atoms with E-state index in [2.05, 4.69) is 9.88 Å². The molecule has 0 amide bonds. The summed E-state index contributed by atoms with van der Waals surface area (Å²) in [5.74, 6) is 0.452. The molecule has 0 radical (unpaired) electrons. The van der Waals surface area contributed by atoms with Gasteiger partial charge in [-0.25, -0.2) is 13.1 Å². The van der Waals surface area contributed by atoms with Crippen molar-refractivity contribution in [3.63, 3.8) is 0 Å². The van der Waals surface area contributed by atoms with Crippen molar-refractivity contribution in [1.29, 1.82) is 0 Å². The predicted molar refractivity (Wildman–Crippen MR) is 75.9 cm³/mol. The van der Waals surface area contributed by atoms with E-state index in [-0.39, 0.29) is 16.3 Å². The van der Waals surface area contributed by atoms with Crippen LogP contribution in [0.25, 0.3) is 0 Å². The molecule has 1 heterocycles. The lowest BCUT2D eigenvalue weighted by atomic mass is 10.1. The van der Waals surface area contributed by atoms with E-state index in [4.69, 9.17) is 27.7 Å². The molecule has 8 heteroatoms. The molecule has 0 saturated heterocycles. The first kappa shape index (κ1) is 16.5. The molecule has 0 aliphatic heterocycles. The maximum atomic E-state index is 11.7. The molecule has 0 bridgehead atoms. The van der Waals surface area contributed by atoms with Crippen molar-refractivity contribution in [3.8, 4) is 0 Å². The maximum absolute atomic E-state index is 11.7. The Labute approximate surface area is 123 Å². The first-order valence-corrected chi connectivity index (χ1v) is 8.05. The quantitative estimate of drug-likeness (QED) is 0.871. The lowest BCUT2D eigenvalue weighted by Crippen LogP contribution is -2.35. The second kappa shape index (κ2) is 6.74. The third kappa shape index (κ3) is 5.52. The number of aryl methyl sites for hydroxylation is 2. The van der Waals surface area contributed by atoms with Crippen molar-refractivity contribution in [2.24, 2.45) is 0 Å². The van der Waals surface area contributed by atoms with Crippen LogP contribution in [0.4, 0.5) is 0 Å². The average molecular weight is 327 g/mol. The van der Waals surface area contributed by atoms with Gasteiger partial charge in [-0.1, -0.05) is 28.4 Å². The number of hydrogen-bond acceptors (Lipinski definition) is 4. The molecule has 1 aromatic heterocycles. The average Bonchev–Trinajstić information content (AvgIpc) is 2.57. The van der Waals surface area contributed by atoms with E-state index in [1.165, 1.54) is 6.08 Å². The summed E-state index contributed by atoms with van der Waals surface area (Å²) in [6, 6.07) is -0.274. The molecule has 0 aromatic carbocycles. The molecule has 0 unspecified atom stereocenters. The van der Waals surface area contributed by atoms with Crippen molar-refractivity contribution < 1.29 is 12.9 Å². The Balaban J connectivity index is 2.65. The summed E-state index contributed by atoms with van der Waals surface area (Å²) < 4.78 is 31.0. The fraction of sp³-hybridized carbons (Fsp3) is 0.545. The van der Waals surface area contributed by atoms with E-state index < -0.39 is 10.0 Å². The molecule has 19 heavy (non-hydrogen) atoms. The summed E-state index contributed by atoms with van der Waals surface area (Å²) in [6.45, 7) is 5.39. The number of nitrogens with zero attached hydrogens (tertiary/aromatic N) is 1. The molecule has 1 aromatic rings. The van der Waals surface area contributed by atoms with E-state index in [9.17, 15) is 8.42 Å². The van der Waals surface area contributed by atoms with Crippen molar-refractivity contribution in [2.75, 3.05) is 5.75 Å². The Morgan fingerprint density at radius 1 is 1.47 bits per heavy atom. The molecule has 108 valence electrons. The Hall–Kier alpha value is -0.560. The Morgan fingerprint density at radius 2 is 2.11 bits per heavy atom. The van der Waals surface area contributed by atoms with Crippen LogP contribution >= 0.6 is 23.2 Å². The highest BCUT2D eigenvalue weighted by molar-refractivity contribution is 7.89. The molecule has 5 nitrogen and oxygen atoms in total. The number of nitrogens with one attached hydrogen (secondary N) is 1. The second-order valence-electron chi connectivity index (χ2n) is 4.30. The summed E-state index contributed by atoms with van der Waals surface area (Å²) in [5.41, 5.74) is 1.69. The predicted octanol–water partition coefficient (Wildman–Crippen LogP) is 2.46. The summed E-state index contributed by atoms with van der Waals surface area (Å²) in [6.07, 6.45) is 1.74. The SMILES string of the molecule is Cc1noc(C)c1C[C@@H](C)NS(=O)(=O)CC=C(Cl)Cl. The first-order chi connectivity index (χ1) is 8.71. The van der Waals surface area contributed by atoms with Crippen molar-refractivity contribution in [3.05, 3.63) is 27.6 Å². The fourth-order valence-electron chi connectivity index (χ4n) is 1.67. The van der Waals surface area contributed by atoms with Gasteiger partial charge in [0.05, 0.1) is 11.4 Å². The largest absolute Gasteiger partial charge is 0.361 e. The van der Waals surface area contributed by atoms with Crippen LogP contribution < -0.4 is 4.72 Å². The molecule has 1 rings (SSSR count). The van der Waals surface area contributed by atoms with Gasteiger partial charge in [0.2, 0.25) is 10.0 Å². The number of sulfonamides is 1. The number of rotatable bonds is 6. The monoisotopic (exact) mass is 326 g/mol. The summed E-state index contributed by atoms with van der Waals surface area (Å²) in [7, 11) is -3.45. The molecule has 0 spiro atoms. The van der Waals surface area contributed by atoms with Gasteiger partial charge < -0.3 is 4.52 Å². The highest BCUT2D eigenvalue weighted by Gasteiger charge is 2.17. The molecule has 1 N–H and O–H groups in total. The fourth-order valence-corrected chi connectivity index (χ4v) is 3.18. The van der Waals surface area contributed by atoms with Crippen LogP contribution in [0, 0.1) is 13.8 Å². The lowest BCUT2D eigenvalue weighted by molar-refractivity contribution is 0.392. The lowest BCUT2D eigenvalue weighted by Gasteiger charge is -2.13. The molecule has 0 aliphatic carbocycles. The summed E-state index contributed by atoms with van der Waals surface area (Å²) in [4.78, 5) is 0. The van der Waals surface area contributed by atoms with Crippen molar-refractivity contribution in [1.82, 2.24) is 9.88 Å². The van der Waals surface area contributed by atoms with Gasteiger partial charge in [-0.3, -0.25) is 0 Å². The van der Waals surface area contributed by atoms with Gasteiger partial charge >= 0.3 is 0 Å². The van der Waals surface area contributed by atoms with Gasteiger partial charge in [0.15, 0.2) is 0 Å². The molecular weight excluding hydrogens is 311 g/mol. The zero-order valence-electron chi connectivity index (χ0n) is 10.9. The zero-order valence-corrected chi connectivity index (χ0v) is 13.2. The van der Waals surface area contributed by atoms with E-state index in [1.54, 1.807) is 13.8 Å². The van der Waals surface area contributed by atoms with E-state index in [0.29, 0.717) is 12.2 Å². The Bertz CT molecular complexity index is 543. The highest BCUT2D eigenvalue weighted by atomic mass is 35.5. The molecule has 0 saturated carbocycles. The van der Waals surface area contributed by atoms with Crippen molar-refractivity contribution in [2.45, 2.75) is 33.2 Å². The summed E-state index contributed by atoms with van der Waals surface area (Å²) in [5, 5.41) is 3.83. The normalized spacial score (nSPS) is 13.3. The molecular formula is C11H16Cl2N2O3S. The Morgan fingerprint density at radius 3 is 2.58 bits per heavy atom. The van der Waals surface area contributed by atoms with Gasteiger partial charge in [-0.15, -0.1) is 0 Å². The van der Waals surface area contributed by atoms with Gasteiger partial charge in [0.1, 0.15) is 10.3 Å². The van der Waals surface area contributed by atoms with Crippen LogP contribution in [-0.4, -0.2) is 25.4 Å². The van der Waals surface area contributed by atoms with Crippen LogP contribution in [0.15, 0.2) is 15.1 Å². The van der Waals surface area contributed by atoms with E-state index in [1.807, 2.05) is 6.92 Å². The zero-order chi connectivity index (χ0) is 14.6.